The summed E-state index contributed by atoms with van der Waals surface area (Å²) >= 11 is 3.69. The zero-order valence-corrected chi connectivity index (χ0v) is 56.6. The van der Waals surface area contributed by atoms with E-state index in [0.29, 0.717) is 0 Å². The molecule has 95 heavy (non-hydrogen) atoms. The van der Waals surface area contributed by atoms with Crippen LogP contribution in [-0.2, 0) is 5.41 Å². The van der Waals surface area contributed by atoms with Crippen LogP contribution in [0.15, 0.2) is 239 Å². The Labute approximate surface area is 565 Å². The predicted molar refractivity (Wildman–Crippen MR) is 411 cm³/mol. The minimum atomic E-state index is -0.0155. The Morgan fingerprint density at radius 2 is 0.642 bits per heavy atom. The molecule has 0 saturated heterocycles. The van der Waals surface area contributed by atoms with Crippen molar-refractivity contribution in [3.05, 3.63) is 253 Å². The van der Waals surface area contributed by atoms with Crippen LogP contribution in [0.25, 0.3) is 162 Å². The van der Waals surface area contributed by atoms with Crippen molar-refractivity contribution in [1.29, 1.82) is 0 Å². The van der Waals surface area contributed by atoms with Gasteiger partial charge in [0.15, 0.2) is 0 Å². The summed E-state index contributed by atoms with van der Waals surface area (Å²) < 4.78 is 17.8. The average molecular weight is 1270 g/mol. The molecule has 16 aromatic rings. The first-order chi connectivity index (χ1) is 46.7. The number of hydrogen-bond acceptors (Lipinski definition) is 4. The van der Waals surface area contributed by atoms with E-state index in [0.717, 1.165) is 33.1 Å². The Kier molecular flexibility index (Phi) is 15.5. The molecule has 0 amide bonds. The molecule has 1 aliphatic carbocycles. The molecule has 0 unspecified atom stereocenters. The van der Waals surface area contributed by atoms with Gasteiger partial charge < -0.3 is 8.83 Å². The number of para-hydroxylation sites is 2. The molecule has 0 radical (unpaired) electrons. The van der Waals surface area contributed by atoms with Gasteiger partial charge in [-0.05, 0) is 212 Å². The highest BCUT2D eigenvalue weighted by Crippen LogP contribution is 2.56. The number of hydrogen-bond donors (Lipinski definition) is 0. The lowest BCUT2D eigenvalue weighted by atomic mass is 9.70. The molecule has 0 atom stereocenters. The number of aryl methyl sites for hydroxylation is 2. The molecule has 4 heterocycles. The van der Waals surface area contributed by atoms with E-state index in [1.54, 1.807) is 11.1 Å². The van der Waals surface area contributed by atoms with Crippen LogP contribution in [-0.4, -0.2) is 0 Å². The van der Waals surface area contributed by atoms with Crippen molar-refractivity contribution >= 4 is 107 Å². The highest BCUT2D eigenvalue weighted by atomic mass is 32.1. The van der Waals surface area contributed by atoms with E-state index in [1.807, 2.05) is 28.7 Å². The molecule has 0 saturated carbocycles. The fraction of sp³-hybridized carbons (Fsp3) is 0.209. The van der Waals surface area contributed by atoms with Gasteiger partial charge in [-0.3, -0.25) is 0 Å². The number of thiophene rings is 2. The summed E-state index contributed by atoms with van der Waals surface area (Å²) in [5.74, 6) is 0. The maximum Gasteiger partial charge on any atom is 0.136 e. The smallest absolute Gasteiger partial charge is 0.136 e. The average Bonchev–Trinajstić information content (AvgIpc) is 1.58. The molecule has 0 fully saturated rings. The first-order valence-corrected chi connectivity index (χ1v) is 36.7. The van der Waals surface area contributed by atoms with Gasteiger partial charge in [0.2, 0.25) is 0 Å². The fourth-order valence-corrected chi connectivity index (χ4v) is 18.4. The highest BCUT2D eigenvalue weighted by molar-refractivity contribution is 7.26. The molecular formula is C91H78O2S2. The summed E-state index contributed by atoms with van der Waals surface area (Å²) in [4.78, 5) is 0. The van der Waals surface area contributed by atoms with E-state index in [1.165, 1.54) is 230 Å². The predicted octanol–water partition coefficient (Wildman–Crippen LogP) is 28.6. The van der Waals surface area contributed by atoms with E-state index in [4.69, 9.17) is 8.83 Å². The molecule has 0 aliphatic heterocycles. The quantitative estimate of drug-likeness (QED) is 0.0711. The van der Waals surface area contributed by atoms with Gasteiger partial charge in [0, 0.05) is 67.3 Å². The van der Waals surface area contributed by atoms with Crippen LogP contribution in [0.5, 0.6) is 0 Å². The molecule has 0 bridgehead atoms. The second kappa shape index (κ2) is 24.8. The van der Waals surface area contributed by atoms with Crippen molar-refractivity contribution in [3.63, 3.8) is 0 Å². The molecule has 466 valence electrons. The SMILES string of the molecule is CCCCCCCCC1(CCCCCCCC)c2cc(C)ccc2-c2ccc(-c3cc(-c4ccc(-c5ccc(-c6cc(C)cc(-c7ccc8sc9cc%10oc%11ccccc%11c%10cc9c8c7)c6)cc5)cc4)cc(-c4ccc5sc6cc7oc8ccccc8c7cc6c5c4)c3)cc21. The molecule has 2 nitrogen and oxygen atoms in total. The van der Waals surface area contributed by atoms with Gasteiger partial charge in [0.1, 0.15) is 22.3 Å². The van der Waals surface area contributed by atoms with Gasteiger partial charge in [0.25, 0.3) is 0 Å². The fourth-order valence-electron chi connectivity index (χ4n) is 16.2. The molecule has 12 aromatic carbocycles. The van der Waals surface area contributed by atoms with Gasteiger partial charge in [-0.2, -0.15) is 0 Å². The van der Waals surface area contributed by atoms with Crippen molar-refractivity contribution in [1.82, 2.24) is 0 Å². The van der Waals surface area contributed by atoms with Crippen LogP contribution in [0.4, 0.5) is 0 Å². The van der Waals surface area contributed by atoms with Crippen molar-refractivity contribution in [3.8, 4) is 77.9 Å². The highest BCUT2D eigenvalue weighted by Gasteiger charge is 2.42. The van der Waals surface area contributed by atoms with Crippen molar-refractivity contribution in [2.24, 2.45) is 0 Å². The lowest BCUT2D eigenvalue weighted by Crippen LogP contribution is -2.25. The van der Waals surface area contributed by atoms with E-state index >= 15 is 0 Å². The van der Waals surface area contributed by atoms with Crippen LogP contribution in [0, 0.1) is 13.8 Å². The van der Waals surface area contributed by atoms with Gasteiger partial charge in [-0.15, -0.1) is 22.7 Å². The van der Waals surface area contributed by atoms with E-state index in [2.05, 4.69) is 252 Å². The summed E-state index contributed by atoms with van der Waals surface area (Å²) in [6.45, 7) is 9.18. The van der Waals surface area contributed by atoms with Crippen LogP contribution in [0.2, 0.25) is 0 Å². The number of unbranched alkanes of at least 4 members (excludes halogenated alkanes) is 10. The third-order valence-electron chi connectivity index (χ3n) is 21.1. The van der Waals surface area contributed by atoms with Crippen LogP contribution >= 0.6 is 22.7 Å². The molecule has 4 aromatic heterocycles. The number of fused-ring (bicyclic) bond motifs is 15. The molecular weight excluding hydrogens is 1190 g/mol. The summed E-state index contributed by atoms with van der Waals surface area (Å²) in [7, 11) is 0. The van der Waals surface area contributed by atoms with Gasteiger partial charge in [-0.25, -0.2) is 0 Å². The minimum absolute atomic E-state index is 0.0155. The van der Waals surface area contributed by atoms with Crippen LogP contribution < -0.4 is 0 Å². The van der Waals surface area contributed by atoms with Gasteiger partial charge >= 0.3 is 0 Å². The monoisotopic (exact) mass is 1270 g/mol. The Morgan fingerprint density at radius 1 is 0.263 bits per heavy atom. The Balaban J connectivity index is 0.723. The maximum atomic E-state index is 6.41. The normalized spacial score (nSPS) is 12.9. The van der Waals surface area contributed by atoms with Crippen LogP contribution in [0.1, 0.15) is 126 Å². The van der Waals surface area contributed by atoms with Crippen molar-refractivity contribution < 1.29 is 8.83 Å². The third kappa shape index (κ3) is 10.9. The Hall–Kier alpha value is -9.32. The number of furan rings is 2. The first-order valence-electron chi connectivity index (χ1n) is 35.0. The zero-order valence-electron chi connectivity index (χ0n) is 55.0. The molecule has 0 spiro atoms. The van der Waals surface area contributed by atoms with E-state index < -0.39 is 0 Å². The largest absolute Gasteiger partial charge is 0.456 e. The summed E-state index contributed by atoms with van der Waals surface area (Å²) in [5.41, 5.74) is 27.1. The van der Waals surface area contributed by atoms with Crippen LogP contribution in [0.3, 0.4) is 0 Å². The van der Waals surface area contributed by atoms with Gasteiger partial charge in [0.05, 0.1) is 0 Å². The number of benzene rings is 12. The number of rotatable bonds is 20. The lowest BCUT2D eigenvalue weighted by molar-refractivity contribution is 0.398. The van der Waals surface area contributed by atoms with E-state index in [-0.39, 0.29) is 5.41 Å². The second-order valence-corrected chi connectivity index (χ2v) is 29.6. The summed E-state index contributed by atoms with van der Waals surface area (Å²) in [6, 6.07) is 88.0. The van der Waals surface area contributed by atoms with E-state index in [9.17, 15) is 0 Å². The first kappa shape index (κ1) is 59.4. The summed E-state index contributed by atoms with van der Waals surface area (Å²) in [6.07, 6.45) is 18.1. The topological polar surface area (TPSA) is 26.3 Å². The van der Waals surface area contributed by atoms with Crippen molar-refractivity contribution in [2.75, 3.05) is 0 Å². The van der Waals surface area contributed by atoms with Crippen molar-refractivity contribution in [2.45, 2.75) is 123 Å². The molecule has 4 heteroatoms. The van der Waals surface area contributed by atoms with Gasteiger partial charge in [-0.1, -0.05) is 236 Å². The Morgan fingerprint density at radius 3 is 1.15 bits per heavy atom. The maximum absolute atomic E-state index is 6.41. The minimum Gasteiger partial charge on any atom is -0.456 e. The lowest BCUT2D eigenvalue weighted by Gasteiger charge is -2.33. The molecule has 0 N–H and O–H groups in total. The molecule has 17 rings (SSSR count). The third-order valence-corrected chi connectivity index (χ3v) is 23.4. The summed E-state index contributed by atoms with van der Waals surface area (Å²) in [5, 5.41) is 9.81. The second-order valence-electron chi connectivity index (χ2n) is 27.5. The Bertz CT molecular complexity index is 5590. The zero-order chi connectivity index (χ0) is 63.7. The molecule has 1 aliphatic rings. The standard InChI is InChI=1S/C91H78O2S2/c1-5-7-9-11-13-19-41-91(42-20-14-12-10-8-6-2)81-45-57(3)25-37-71(81)72-38-34-65(52-82(72)91)70-48-68(47-69(49-70)64-36-40-88-78(51-64)80-54-76-74-22-16-18-24-84(74)93-86(76)56-90(80)95-88)62-32-28-60(29-33-62)59-26-30-61(31-27-59)66-43-58(4)44-67(46-66)63-35-39-87-77(50-63)79-53-75-73-21-15-17-23-83(73)92-85(75)55-89(79)94-87/h15-18,21-40,43-56H,5-14,19-20,41-42H2,1-4H3.